The van der Waals surface area contributed by atoms with Crippen molar-refractivity contribution >= 4 is 11.5 Å². The molecule has 0 radical (unpaired) electrons. The van der Waals surface area contributed by atoms with E-state index in [1.807, 2.05) is 55.4 Å². The lowest BCUT2D eigenvalue weighted by molar-refractivity contribution is -0.115. The van der Waals surface area contributed by atoms with Crippen LogP contribution in [0.4, 0.5) is 0 Å². The number of methoxy groups -OCH3 is 2. The van der Waals surface area contributed by atoms with Crippen LogP contribution >= 0.6 is 0 Å². The van der Waals surface area contributed by atoms with Gasteiger partial charge in [0.05, 0.1) is 23.3 Å². The van der Waals surface area contributed by atoms with E-state index in [0.29, 0.717) is 17.6 Å². The van der Waals surface area contributed by atoms with Crippen molar-refractivity contribution in [3.8, 4) is 24.7 Å². The van der Waals surface area contributed by atoms with Gasteiger partial charge in [0.15, 0.2) is 0 Å². The van der Waals surface area contributed by atoms with E-state index in [2.05, 4.69) is 77.2 Å². The van der Waals surface area contributed by atoms with E-state index in [-0.39, 0.29) is 11.2 Å². The van der Waals surface area contributed by atoms with E-state index >= 15 is 0 Å². The molecule has 232 valence electrons. The molecule has 38 heavy (non-hydrogen) atoms. The van der Waals surface area contributed by atoms with Gasteiger partial charge in [-0.2, -0.15) is 0 Å². The molecule has 0 rings (SSSR count). The molecule has 0 unspecified atom stereocenters. The quantitative estimate of drug-likeness (QED) is 0.201. The van der Waals surface area contributed by atoms with Crippen molar-refractivity contribution in [3.63, 3.8) is 0 Å². The second-order valence-corrected chi connectivity index (χ2v) is 11.0. The Hall–Kier alpha value is -1.82. The highest BCUT2D eigenvalue weighted by atomic mass is 16.6. The molecular formula is C33H71NO4. The maximum Gasteiger partial charge on any atom is 0.126 e. The maximum atomic E-state index is 9.44. The number of ketones is 1. The maximum absolute atomic E-state index is 9.44. The predicted octanol–water partition coefficient (Wildman–Crippen LogP) is 9.87. The number of ether oxygens (including phenoxy) is 2. The highest BCUT2D eigenvalue weighted by molar-refractivity contribution is 5.78. The summed E-state index contributed by atoms with van der Waals surface area (Å²) in [5, 5.41) is 3.54. The summed E-state index contributed by atoms with van der Waals surface area (Å²) in [5.41, 5.74) is 1.08. The van der Waals surface area contributed by atoms with Crippen LogP contribution in [0.3, 0.4) is 0 Å². The van der Waals surface area contributed by atoms with Crippen LogP contribution in [0.5, 0.6) is 0 Å². The van der Waals surface area contributed by atoms with Gasteiger partial charge in [-0.25, -0.2) is 0 Å². The molecule has 0 atom stereocenters. The van der Waals surface area contributed by atoms with Crippen molar-refractivity contribution in [2.24, 2.45) is 16.0 Å². The summed E-state index contributed by atoms with van der Waals surface area (Å²) in [4.78, 5) is 13.8. The third-order valence-electron chi connectivity index (χ3n) is 1.94. The number of rotatable bonds is 3. The Morgan fingerprint density at radius 2 is 0.868 bits per heavy atom. The molecule has 0 aliphatic rings. The molecule has 5 heteroatoms. The molecule has 5 nitrogen and oxygen atoms in total. The number of carbonyl (C=O) groups is 1. The molecular weight excluding hydrogens is 474 g/mol. The van der Waals surface area contributed by atoms with E-state index in [1.165, 1.54) is 33.8 Å². The fourth-order valence-corrected chi connectivity index (χ4v) is 0.224. The Bertz CT molecular complexity index is 489. The Balaban J connectivity index is -0.0000000458. The van der Waals surface area contributed by atoms with Crippen molar-refractivity contribution < 1.29 is 19.1 Å². The van der Waals surface area contributed by atoms with Gasteiger partial charge < -0.3 is 19.1 Å². The summed E-state index contributed by atoms with van der Waals surface area (Å²) in [6, 6.07) is 0. The largest absolute Gasteiger partial charge is 0.399 e. The lowest BCUT2D eigenvalue weighted by Crippen LogP contribution is -2.01. The fraction of sp³-hybridized carbons (Fsp3) is 0.818. The first-order valence-electron chi connectivity index (χ1n) is 13.5. The van der Waals surface area contributed by atoms with E-state index in [1.54, 1.807) is 14.2 Å². The molecule has 0 amide bonds. The Morgan fingerprint density at radius 3 is 0.868 bits per heavy atom. The molecule has 0 N–H and O–H groups in total. The number of nitrogens with zero attached hydrogens (tertiary/aromatic N) is 1. The number of Topliss-reactive ketones (excluding diaryl/α,β-unsaturated/α-hetero) is 1. The highest BCUT2D eigenvalue weighted by Crippen LogP contribution is 2.08. The van der Waals surface area contributed by atoms with E-state index in [4.69, 9.17) is 22.3 Å². The molecule has 0 spiro atoms. The summed E-state index contributed by atoms with van der Waals surface area (Å²) >= 11 is 0. The summed E-state index contributed by atoms with van der Waals surface area (Å²) < 4.78 is 9.50. The molecule has 0 aromatic rings. The van der Waals surface area contributed by atoms with Crippen LogP contribution in [0.2, 0.25) is 0 Å². The van der Waals surface area contributed by atoms with Crippen LogP contribution in [-0.2, 0) is 19.1 Å². The van der Waals surface area contributed by atoms with Gasteiger partial charge in [0.1, 0.15) is 12.9 Å². The topological polar surface area (TPSA) is 57.1 Å². The smallest absolute Gasteiger partial charge is 0.126 e. The van der Waals surface area contributed by atoms with Gasteiger partial charge in [0.25, 0.3) is 0 Å². The molecule has 0 aromatic heterocycles. The molecule has 0 aromatic carbocycles. The first kappa shape index (κ1) is 56.4. The van der Waals surface area contributed by atoms with Crippen LogP contribution in [0.25, 0.3) is 0 Å². The second-order valence-electron chi connectivity index (χ2n) is 11.0. The summed E-state index contributed by atoms with van der Waals surface area (Å²) in [6.07, 6.45) is 13.3. The minimum absolute atomic E-state index is 0.167. The predicted molar refractivity (Wildman–Crippen MR) is 175 cm³/mol. The van der Waals surface area contributed by atoms with Gasteiger partial charge >= 0.3 is 0 Å². The van der Waals surface area contributed by atoms with Gasteiger partial charge in [0, 0.05) is 14.2 Å². The van der Waals surface area contributed by atoms with E-state index < -0.39 is 0 Å². The fourth-order valence-electron chi connectivity index (χ4n) is 0.224. The van der Waals surface area contributed by atoms with E-state index in [9.17, 15) is 4.79 Å². The second kappa shape index (κ2) is 45.1. The van der Waals surface area contributed by atoms with Gasteiger partial charge in [0.2, 0.25) is 0 Å². The lowest BCUT2D eigenvalue weighted by Gasteiger charge is -2.05. The molecule has 0 fully saturated rings. The summed E-state index contributed by atoms with van der Waals surface area (Å²) in [6.45, 7) is 35.7. The molecule has 0 heterocycles. The normalized spacial score (nSPS) is 8.55. The Morgan fingerprint density at radius 1 is 0.711 bits per heavy atom. The van der Waals surface area contributed by atoms with Crippen molar-refractivity contribution in [2.75, 3.05) is 21.3 Å². The van der Waals surface area contributed by atoms with Crippen molar-refractivity contribution in [1.82, 2.24) is 0 Å². The summed E-state index contributed by atoms with van der Waals surface area (Å²) in [5.74, 6) is 5.08. The number of oxime groups is 1. The SMILES string of the molecule is C#CC(C)(C)C#C.CC(C)(C)C.CC(C)=O.CCC.CCC.COC(C)C.COC(C)C.CON=C(C)C. The van der Waals surface area contributed by atoms with Gasteiger partial charge in [-0.15, -0.1) is 12.8 Å². The monoisotopic (exact) mass is 546 g/mol. The van der Waals surface area contributed by atoms with Crippen LogP contribution in [-0.4, -0.2) is 45.0 Å². The average Bonchev–Trinajstić information content (AvgIpc) is 2.74. The zero-order valence-electron chi connectivity index (χ0n) is 29.8. The number of terminal acetylenes is 2. The zero-order chi connectivity index (χ0) is 33.0. The van der Waals surface area contributed by atoms with E-state index in [0.717, 1.165) is 5.71 Å². The zero-order valence-corrected chi connectivity index (χ0v) is 29.8. The Kier molecular flexibility index (Phi) is 67.0. The van der Waals surface area contributed by atoms with Gasteiger partial charge in [-0.05, 0) is 74.7 Å². The first-order chi connectivity index (χ1) is 17.0. The number of hydrogen-bond acceptors (Lipinski definition) is 5. The number of hydrogen-bond donors (Lipinski definition) is 0. The molecule has 0 saturated carbocycles. The van der Waals surface area contributed by atoms with Crippen molar-refractivity contribution in [3.05, 3.63) is 0 Å². The van der Waals surface area contributed by atoms with Crippen LogP contribution in [0, 0.1) is 35.5 Å². The van der Waals surface area contributed by atoms with Crippen LogP contribution in [0.1, 0.15) is 137 Å². The molecule has 0 bridgehead atoms. The number of carbonyl (C=O) groups excluding carboxylic acids is 1. The van der Waals surface area contributed by atoms with Gasteiger partial charge in [-0.3, -0.25) is 0 Å². The Labute approximate surface area is 242 Å². The standard InChI is InChI=1S/C7H8.C5H12.C4H9NO.2C4H10O.C3H6O.2C3H8/c1-5-7(3,4)6-2;1-5(2,3)4;1-4(2)5-6-3;2*1-4(2)5-3;1-3(2)4;2*1-3-2/h1-2H,3-4H3;1-4H3;1-3H3;2*4H,1-3H3;1-2H3;2*3H2,1-2H3. The van der Waals surface area contributed by atoms with Crippen molar-refractivity contribution in [1.29, 1.82) is 0 Å². The first-order valence-corrected chi connectivity index (χ1v) is 13.5. The average molecular weight is 546 g/mol. The third kappa shape index (κ3) is 301. The highest BCUT2D eigenvalue weighted by Gasteiger charge is 2.05. The van der Waals surface area contributed by atoms with Crippen LogP contribution in [0.15, 0.2) is 5.16 Å². The molecule has 0 aliphatic carbocycles. The van der Waals surface area contributed by atoms with Gasteiger partial charge in [-0.1, -0.05) is 85.2 Å². The van der Waals surface area contributed by atoms with Crippen molar-refractivity contribution in [2.45, 2.75) is 150 Å². The molecule has 0 saturated heterocycles. The third-order valence-corrected chi connectivity index (χ3v) is 1.94. The summed E-state index contributed by atoms with van der Waals surface area (Å²) in [7, 11) is 4.93. The lowest BCUT2D eigenvalue weighted by atomic mass is 9.97. The minimum Gasteiger partial charge on any atom is -0.399 e. The van der Waals surface area contributed by atoms with Crippen LogP contribution < -0.4 is 0 Å². The molecule has 0 aliphatic heterocycles. The minimum atomic E-state index is -0.361.